The maximum Gasteiger partial charge on any atom is 0.267 e. The standard InChI is InChI=1S/C19H26N2O4/c1-3-4-5-10-21-15-12-14(20-18(22)17-7-6-11-24-17)8-9-16(15)25-13(2)19(21)23/h8-9,12-13,17H,3-7,10-11H2,1-2H3,(H,20,22). The van der Waals surface area contributed by atoms with Crippen LogP contribution in [0.2, 0.25) is 0 Å². The summed E-state index contributed by atoms with van der Waals surface area (Å²) in [7, 11) is 0. The topological polar surface area (TPSA) is 67.9 Å². The van der Waals surface area contributed by atoms with Crippen LogP contribution in [-0.4, -0.2) is 37.2 Å². The summed E-state index contributed by atoms with van der Waals surface area (Å²) in [5, 5.41) is 2.89. The fourth-order valence-corrected chi connectivity index (χ4v) is 3.24. The molecular formula is C19H26N2O4. The van der Waals surface area contributed by atoms with E-state index in [2.05, 4.69) is 12.2 Å². The highest BCUT2D eigenvalue weighted by atomic mass is 16.5. The molecule has 6 nitrogen and oxygen atoms in total. The second kappa shape index (κ2) is 7.87. The molecule has 0 aliphatic carbocycles. The van der Waals surface area contributed by atoms with Crippen LogP contribution in [0.25, 0.3) is 0 Å². The summed E-state index contributed by atoms with van der Waals surface area (Å²) in [5.74, 6) is 0.510. The van der Waals surface area contributed by atoms with Crippen molar-refractivity contribution in [1.29, 1.82) is 0 Å². The molecule has 2 aliphatic heterocycles. The van der Waals surface area contributed by atoms with Crippen molar-refractivity contribution in [3.63, 3.8) is 0 Å². The first-order valence-corrected chi connectivity index (χ1v) is 9.14. The maximum atomic E-state index is 12.5. The normalized spacial score (nSPS) is 22.5. The van der Waals surface area contributed by atoms with Crippen LogP contribution >= 0.6 is 0 Å². The summed E-state index contributed by atoms with van der Waals surface area (Å²) in [5.41, 5.74) is 1.38. The van der Waals surface area contributed by atoms with E-state index in [1.165, 1.54) is 0 Å². The van der Waals surface area contributed by atoms with Crippen molar-refractivity contribution in [2.75, 3.05) is 23.4 Å². The number of nitrogens with zero attached hydrogens (tertiary/aromatic N) is 1. The van der Waals surface area contributed by atoms with E-state index in [1.807, 2.05) is 12.1 Å². The predicted molar refractivity (Wildman–Crippen MR) is 96.0 cm³/mol. The van der Waals surface area contributed by atoms with E-state index < -0.39 is 6.10 Å². The Morgan fingerprint density at radius 1 is 1.36 bits per heavy atom. The third-order valence-corrected chi connectivity index (χ3v) is 4.64. The van der Waals surface area contributed by atoms with Crippen LogP contribution in [0.1, 0.15) is 46.0 Å². The first-order chi connectivity index (χ1) is 12.1. The molecule has 25 heavy (non-hydrogen) atoms. The van der Waals surface area contributed by atoms with E-state index >= 15 is 0 Å². The molecule has 2 atom stereocenters. The molecule has 0 bridgehead atoms. The Morgan fingerprint density at radius 3 is 2.92 bits per heavy atom. The highest BCUT2D eigenvalue weighted by Crippen LogP contribution is 2.36. The first-order valence-electron chi connectivity index (χ1n) is 9.14. The third-order valence-electron chi connectivity index (χ3n) is 4.64. The molecular weight excluding hydrogens is 320 g/mol. The SMILES string of the molecule is CCCCCN1C(=O)C(C)Oc2ccc(NC(=O)C3CCCO3)cc21. The molecule has 0 spiro atoms. The largest absolute Gasteiger partial charge is 0.479 e. The van der Waals surface area contributed by atoms with Crippen LogP contribution in [0.3, 0.4) is 0 Å². The number of benzene rings is 1. The minimum Gasteiger partial charge on any atom is -0.479 e. The summed E-state index contributed by atoms with van der Waals surface area (Å²) in [6.07, 6.45) is 3.91. The van der Waals surface area contributed by atoms with E-state index in [4.69, 9.17) is 9.47 Å². The van der Waals surface area contributed by atoms with Crippen LogP contribution in [0, 0.1) is 0 Å². The van der Waals surface area contributed by atoms with Gasteiger partial charge < -0.3 is 19.7 Å². The van der Waals surface area contributed by atoms with Gasteiger partial charge in [0, 0.05) is 18.8 Å². The van der Waals surface area contributed by atoms with Crippen LogP contribution in [0.4, 0.5) is 11.4 Å². The number of carbonyl (C=O) groups is 2. The lowest BCUT2D eigenvalue weighted by Crippen LogP contribution is -2.45. The lowest BCUT2D eigenvalue weighted by Gasteiger charge is -2.33. The van der Waals surface area contributed by atoms with Crippen molar-refractivity contribution in [1.82, 2.24) is 0 Å². The van der Waals surface area contributed by atoms with Crippen molar-refractivity contribution >= 4 is 23.2 Å². The summed E-state index contributed by atoms with van der Waals surface area (Å²) >= 11 is 0. The average molecular weight is 346 g/mol. The van der Waals surface area contributed by atoms with Crippen molar-refractivity contribution in [3.8, 4) is 5.75 Å². The first kappa shape index (κ1) is 17.7. The smallest absolute Gasteiger partial charge is 0.267 e. The number of fused-ring (bicyclic) bond motifs is 1. The van der Waals surface area contributed by atoms with Gasteiger partial charge in [0.05, 0.1) is 5.69 Å². The Balaban J connectivity index is 1.78. The van der Waals surface area contributed by atoms with Crippen molar-refractivity contribution in [2.24, 2.45) is 0 Å². The monoisotopic (exact) mass is 346 g/mol. The molecule has 0 radical (unpaired) electrons. The number of anilines is 2. The number of nitrogens with one attached hydrogen (secondary N) is 1. The zero-order valence-corrected chi connectivity index (χ0v) is 14.9. The number of carbonyl (C=O) groups excluding carboxylic acids is 2. The Morgan fingerprint density at radius 2 is 2.20 bits per heavy atom. The molecule has 0 saturated carbocycles. The molecule has 3 rings (SSSR count). The molecule has 1 aromatic rings. The van der Waals surface area contributed by atoms with Gasteiger partial charge in [-0.2, -0.15) is 0 Å². The molecule has 2 amide bonds. The minimum absolute atomic E-state index is 0.0359. The Hall–Kier alpha value is -2.08. The fourth-order valence-electron chi connectivity index (χ4n) is 3.24. The van der Waals surface area contributed by atoms with Gasteiger partial charge in [-0.3, -0.25) is 9.59 Å². The Bertz CT molecular complexity index is 640. The highest BCUT2D eigenvalue weighted by Gasteiger charge is 2.31. The van der Waals surface area contributed by atoms with Gasteiger partial charge in [0.2, 0.25) is 0 Å². The second-order valence-electron chi connectivity index (χ2n) is 6.63. The van der Waals surface area contributed by atoms with Crippen LogP contribution in [0.5, 0.6) is 5.75 Å². The zero-order chi connectivity index (χ0) is 17.8. The van der Waals surface area contributed by atoms with Crippen LogP contribution < -0.4 is 15.0 Å². The number of unbranched alkanes of at least 4 members (excludes halogenated alkanes) is 2. The number of hydrogen-bond donors (Lipinski definition) is 1. The van der Waals surface area contributed by atoms with Crippen molar-refractivity contribution in [3.05, 3.63) is 18.2 Å². The van der Waals surface area contributed by atoms with Crippen molar-refractivity contribution in [2.45, 2.75) is 58.2 Å². The van der Waals surface area contributed by atoms with Gasteiger partial charge in [0.1, 0.15) is 11.9 Å². The lowest BCUT2D eigenvalue weighted by molar-refractivity contribution is -0.125. The lowest BCUT2D eigenvalue weighted by atomic mass is 10.1. The summed E-state index contributed by atoms with van der Waals surface area (Å²) in [4.78, 5) is 26.5. The molecule has 136 valence electrons. The molecule has 1 saturated heterocycles. The summed E-state index contributed by atoms with van der Waals surface area (Å²) in [6.45, 7) is 5.20. The summed E-state index contributed by atoms with van der Waals surface area (Å²) in [6, 6.07) is 5.44. The van der Waals surface area contributed by atoms with E-state index in [0.717, 1.165) is 37.8 Å². The number of amides is 2. The van der Waals surface area contributed by atoms with Crippen LogP contribution in [0.15, 0.2) is 18.2 Å². The Kier molecular flexibility index (Phi) is 5.58. The van der Waals surface area contributed by atoms with E-state index in [9.17, 15) is 9.59 Å². The molecule has 1 fully saturated rings. The minimum atomic E-state index is -0.485. The number of rotatable bonds is 6. The molecule has 1 N–H and O–H groups in total. The van der Waals surface area contributed by atoms with Gasteiger partial charge >= 0.3 is 0 Å². The predicted octanol–water partition coefficient (Wildman–Crippen LogP) is 3.11. The third kappa shape index (κ3) is 3.95. The van der Waals surface area contributed by atoms with E-state index in [-0.39, 0.29) is 17.9 Å². The number of ether oxygens (including phenoxy) is 2. The van der Waals surface area contributed by atoms with E-state index in [0.29, 0.717) is 24.6 Å². The highest BCUT2D eigenvalue weighted by molar-refractivity contribution is 6.01. The van der Waals surface area contributed by atoms with Gasteiger partial charge in [-0.05, 0) is 44.4 Å². The Labute approximate surface area is 148 Å². The zero-order valence-electron chi connectivity index (χ0n) is 14.9. The van der Waals surface area contributed by atoms with E-state index in [1.54, 1.807) is 17.9 Å². The quantitative estimate of drug-likeness (QED) is 0.804. The van der Waals surface area contributed by atoms with Gasteiger partial charge in [-0.15, -0.1) is 0 Å². The van der Waals surface area contributed by atoms with Gasteiger partial charge in [-0.1, -0.05) is 19.8 Å². The molecule has 6 heteroatoms. The molecule has 1 aromatic carbocycles. The fraction of sp³-hybridized carbons (Fsp3) is 0.579. The molecule has 2 heterocycles. The van der Waals surface area contributed by atoms with Gasteiger partial charge in [0.25, 0.3) is 11.8 Å². The maximum absolute atomic E-state index is 12.5. The van der Waals surface area contributed by atoms with Crippen LogP contribution in [-0.2, 0) is 14.3 Å². The second-order valence-corrected chi connectivity index (χ2v) is 6.63. The average Bonchev–Trinajstić information content (AvgIpc) is 3.13. The number of hydrogen-bond acceptors (Lipinski definition) is 4. The van der Waals surface area contributed by atoms with Gasteiger partial charge in [-0.25, -0.2) is 0 Å². The summed E-state index contributed by atoms with van der Waals surface area (Å²) < 4.78 is 11.1. The molecule has 2 unspecified atom stereocenters. The van der Waals surface area contributed by atoms with Gasteiger partial charge in [0.15, 0.2) is 6.10 Å². The molecule has 2 aliphatic rings. The molecule has 0 aromatic heterocycles. The van der Waals surface area contributed by atoms with Crippen molar-refractivity contribution < 1.29 is 19.1 Å².